The summed E-state index contributed by atoms with van der Waals surface area (Å²) in [6, 6.07) is 13.1. The Bertz CT molecular complexity index is 1280. The fourth-order valence-electron chi connectivity index (χ4n) is 3.17. The highest BCUT2D eigenvalue weighted by Gasteiger charge is 2.17. The van der Waals surface area contributed by atoms with E-state index in [4.69, 9.17) is 9.26 Å². The molecule has 0 spiro atoms. The van der Waals surface area contributed by atoms with E-state index >= 15 is 0 Å². The van der Waals surface area contributed by atoms with Crippen molar-refractivity contribution >= 4 is 17.0 Å². The molecule has 2 heterocycles. The van der Waals surface area contributed by atoms with Crippen LogP contribution < -0.4 is 15.6 Å². The third kappa shape index (κ3) is 4.30. The number of hydrogen-bond acceptors (Lipinski definition) is 6. The largest absolute Gasteiger partial charge is 0.496 e. The lowest BCUT2D eigenvalue weighted by molar-refractivity contribution is -0.121. The first-order chi connectivity index (χ1) is 15.1. The highest BCUT2D eigenvalue weighted by Crippen LogP contribution is 2.24. The maximum Gasteiger partial charge on any atom is 0.299 e. The molecule has 0 atom stereocenters. The predicted octanol–water partition coefficient (Wildman–Crippen LogP) is 2.91. The fraction of sp³-hybridized carbons (Fsp3) is 0.182. The van der Waals surface area contributed by atoms with Gasteiger partial charge in [-0.3, -0.25) is 14.2 Å². The highest BCUT2D eigenvalue weighted by molar-refractivity contribution is 5.87. The zero-order valence-electron chi connectivity index (χ0n) is 16.7. The quantitative estimate of drug-likeness (QED) is 0.492. The van der Waals surface area contributed by atoms with Crippen molar-refractivity contribution in [1.82, 2.24) is 20.0 Å². The molecular formula is C22H19FN4O4. The Balaban J connectivity index is 1.44. The van der Waals surface area contributed by atoms with Crippen LogP contribution in [0.2, 0.25) is 0 Å². The van der Waals surface area contributed by atoms with E-state index in [0.29, 0.717) is 23.6 Å². The van der Waals surface area contributed by atoms with Crippen LogP contribution in [0.15, 0.2) is 64.2 Å². The number of halogens is 1. The van der Waals surface area contributed by atoms with Crippen molar-refractivity contribution in [3.05, 3.63) is 76.6 Å². The normalized spacial score (nSPS) is 10.9. The van der Waals surface area contributed by atoms with Crippen molar-refractivity contribution in [1.29, 1.82) is 0 Å². The molecule has 4 aromatic rings. The molecule has 1 N–H and O–H groups in total. The Morgan fingerprint density at radius 2 is 1.97 bits per heavy atom. The first-order valence-electron chi connectivity index (χ1n) is 9.56. The number of carbonyl (C=O) groups is 1. The molecule has 2 aromatic carbocycles. The summed E-state index contributed by atoms with van der Waals surface area (Å²) in [4.78, 5) is 29.2. The van der Waals surface area contributed by atoms with E-state index < -0.39 is 5.56 Å². The summed E-state index contributed by atoms with van der Waals surface area (Å²) < 4.78 is 24.9. The molecule has 158 valence electrons. The van der Waals surface area contributed by atoms with Crippen LogP contribution >= 0.6 is 0 Å². The summed E-state index contributed by atoms with van der Waals surface area (Å²) >= 11 is 0. The third-order valence-electron chi connectivity index (χ3n) is 4.81. The summed E-state index contributed by atoms with van der Waals surface area (Å²) in [6.45, 7) is 0.449. The second kappa shape index (κ2) is 8.78. The topological polar surface area (TPSA) is 99.2 Å². The maximum atomic E-state index is 13.1. The second-order valence-electron chi connectivity index (χ2n) is 6.80. The first-order valence-corrected chi connectivity index (χ1v) is 9.56. The average Bonchev–Trinajstić information content (AvgIpc) is 3.23. The lowest BCUT2D eigenvalue weighted by atomic mass is 10.1. The lowest BCUT2D eigenvalue weighted by Crippen LogP contribution is -2.27. The Kier molecular flexibility index (Phi) is 5.74. The number of ether oxygens (including phenoxy) is 1. The van der Waals surface area contributed by atoms with Gasteiger partial charge in [-0.15, -0.1) is 0 Å². The fourth-order valence-corrected chi connectivity index (χ4v) is 3.17. The van der Waals surface area contributed by atoms with Crippen LogP contribution in [0, 0.1) is 5.82 Å². The Hall–Kier alpha value is -4.01. The van der Waals surface area contributed by atoms with Gasteiger partial charge in [0.1, 0.15) is 22.8 Å². The maximum absolute atomic E-state index is 13.1. The predicted molar refractivity (Wildman–Crippen MR) is 111 cm³/mol. The van der Waals surface area contributed by atoms with Gasteiger partial charge in [-0.1, -0.05) is 23.4 Å². The van der Waals surface area contributed by atoms with E-state index in [0.717, 1.165) is 5.56 Å². The average molecular weight is 422 g/mol. The summed E-state index contributed by atoms with van der Waals surface area (Å²) in [5.74, 6) is 0.0919. The van der Waals surface area contributed by atoms with Gasteiger partial charge in [0.05, 0.1) is 13.4 Å². The first kappa shape index (κ1) is 20.3. The number of benzene rings is 2. The minimum atomic E-state index is -0.441. The number of para-hydroxylation sites is 1. The number of hydrogen-bond donors (Lipinski definition) is 1. The SMILES string of the molecule is COc1ccccc1CNC(=O)CCn1cnc2c(-c3ccc(F)cc3)noc2c1=O. The molecule has 0 saturated carbocycles. The number of fused-ring (bicyclic) bond motifs is 1. The summed E-state index contributed by atoms with van der Waals surface area (Å²) in [5, 5.41) is 6.72. The smallest absolute Gasteiger partial charge is 0.299 e. The second-order valence-corrected chi connectivity index (χ2v) is 6.80. The highest BCUT2D eigenvalue weighted by atomic mass is 19.1. The number of rotatable bonds is 7. The van der Waals surface area contributed by atoms with Gasteiger partial charge in [0.25, 0.3) is 11.1 Å². The standard InChI is InChI=1S/C22H19FN4O4/c1-30-17-5-3-2-4-15(17)12-24-18(28)10-11-27-13-25-20-19(26-31-21(20)22(27)29)14-6-8-16(23)9-7-14/h2-9,13H,10-12H2,1H3,(H,24,28). The van der Waals surface area contributed by atoms with Crippen LogP contribution in [0.25, 0.3) is 22.4 Å². The van der Waals surface area contributed by atoms with Crippen molar-refractivity contribution in [3.63, 3.8) is 0 Å². The molecule has 0 aliphatic rings. The molecule has 0 radical (unpaired) electrons. The Labute approximate surface area is 176 Å². The van der Waals surface area contributed by atoms with Crippen LogP contribution in [0.4, 0.5) is 4.39 Å². The summed E-state index contributed by atoms with van der Waals surface area (Å²) in [5.41, 5.74) is 1.62. The minimum Gasteiger partial charge on any atom is -0.496 e. The van der Waals surface area contributed by atoms with Crippen LogP contribution in [0.5, 0.6) is 5.75 Å². The number of methoxy groups -OCH3 is 1. The van der Waals surface area contributed by atoms with Gasteiger partial charge < -0.3 is 14.6 Å². The molecule has 0 aliphatic carbocycles. The van der Waals surface area contributed by atoms with E-state index in [1.165, 1.54) is 35.2 Å². The molecule has 1 amide bonds. The van der Waals surface area contributed by atoms with Gasteiger partial charge in [0, 0.05) is 30.6 Å². The molecule has 9 heteroatoms. The van der Waals surface area contributed by atoms with Crippen molar-refractivity contribution in [2.75, 3.05) is 7.11 Å². The molecule has 0 bridgehead atoms. The van der Waals surface area contributed by atoms with Gasteiger partial charge in [-0.05, 0) is 30.3 Å². The van der Waals surface area contributed by atoms with E-state index in [2.05, 4.69) is 15.5 Å². The number of aryl methyl sites for hydroxylation is 1. The molecule has 4 rings (SSSR count). The Morgan fingerprint density at radius 1 is 1.19 bits per heavy atom. The zero-order chi connectivity index (χ0) is 21.8. The Morgan fingerprint density at radius 3 is 2.74 bits per heavy atom. The van der Waals surface area contributed by atoms with Crippen LogP contribution in [0.1, 0.15) is 12.0 Å². The van der Waals surface area contributed by atoms with Crippen LogP contribution in [-0.4, -0.2) is 27.7 Å². The minimum absolute atomic E-state index is 0.0174. The molecule has 0 saturated heterocycles. The third-order valence-corrected chi connectivity index (χ3v) is 4.81. The monoisotopic (exact) mass is 422 g/mol. The van der Waals surface area contributed by atoms with Crippen molar-refractivity contribution in [2.45, 2.75) is 19.5 Å². The van der Waals surface area contributed by atoms with Gasteiger partial charge >= 0.3 is 0 Å². The van der Waals surface area contributed by atoms with E-state index in [1.54, 1.807) is 7.11 Å². The number of carbonyl (C=O) groups excluding carboxylic acids is 1. The molecule has 0 fully saturated rings. The van der Waals surface area contributed by atoms with E-state index in [1.807, 2.05) is 24.3 Å². The molecule has 31 heavy (non-hydrogen) atoms. The van der Waals surface area contributed by atoms with Crippen molar-refractivity contribution in [2.24, 2.45) is 0 Å². The van der Waals surface area contributed by atoms with Crippen LogP contribution in [0.3, 0.4) is 0 Å². The van der Waals surface area contributed by atoms with Gasteiger partial charge in [-0.25, -0.2) is 9.37 Å². The number of nitrogens with zero attached hydrogens (tertiary/aromatic N) is 3. The molecule has 2 aromatic heterocycles. The molecule has 8 nitrogen and oxygen atoms in total. The van der Waals surface area contributed by atoms with Gasteiger partial charge in [0.2, 0.25) is 5.91 Å². The number of nitrogens with one attached hydrogen (secondary N) is 1. The molecule has 0 aliphatic heterocycles. The summed E-state index contributed by atoms with van der Waals surface area (Å²) in [7, 11) is 1.57. The lowest BCUT2D eigenvalue weighted by Gasteiger charge is -2.10. The van der Waals surface area contributed by atoms with Crippen molar-refractivity contribution in [3.8, 4) is 17.0 Å². The molecular weight excluding hydrogens is 403 g/mol. The number of aromatic nitrogens is 3. The number of amides is 1. The summed E-state index contributed by atoms with van der Waals surface area (Å²) in [6.07, 6.45) is 1.43. The molecule has 0 unspecified atom stereocenters. The van der Waals surface area contributed by atoms with Crippen LogP contribution in [-0.2, 0) is 17.9 Å². The van der Waals surface area contributed by atoms with E-state index in [-0.39, 0.29) is 35.8 Å². The zero-order valence-corrected chi connectivity index (χ0v) is 16.7. The van der Waals surface area contributed by atoms with Gasteiger partial charge in [-0.2, -0.15) is 0 Å². The van der Waals surface area contributed by atoms with Crippen molar-refractivity contribution < 1.29 is 18.4 Å². The van der Waals surface area contributed by atoms with Gasteiger partial charge in [0.15, 0.2) is 0 Å². The van der Waals surface area contributed by atoms with E-state index in [9.17, 15) is 14.0 Å².